The number of hydrogen-bond donors (Lipinski definition) is 1. The molecule has 1 aromatic heterocycles. The highest BCUT2D eigenvalue weighted by Gasteiger charge is 2.13. The van der Waals surface area contributed by atoms with Crippen LogP contribution in [0.1, 0.15) is 11.1 Å². The molecule has 5 nitrogen and oxygen atoms in total. The minimum absolute atomic E-state index is 0.115. The molecule has 1 heterocycles. The molecule has 0 radical (unpaired) electrons. The molecule has 2 aromatic carbocycles. The Labute approximate surface area is 178 Å². The third-order valence-corrected chi connectivity index (χ3v) is 4.70. The van der Waals surface area contributed by atoms with Crippen molar-refractivity contribution in [3.63, 3.8) is 0 Å². The van der Waals surface area contributed by atoms with E-state index < -0.39 is 0 Å². The first kappa shape index (κ1) is 21.1. The smallest absolute Gasteiger partial charge is 0.213 e. The van der Waals surface area contributed by atoms with Crippen LogP contribution >= 0.6 is 15.9 Å². The topological polar surface area (TPSA) is 52.6 Å². The van der Waals surface area contributed by atoms with Crippen molar-refractivity contribution in [1.82, 2.24) is 10.3 Å². The highest BCUT2D eigenvalue weighted by Crippen LogP contribution is 2.37. The molecular formula is C22H22BrFN2O3. The van der Waals surface area contributed by atoms with Gasteiger partial charge in [-0.1, -0.05) is 24.3 Å². The second-order valence-electron chi connectivity index (χ2n) is 6.18. The minimum Gasteiger partial charge on any atom is -0.493 e. The lowest BCUT2D eigenvalue weighted by Crippen LogP contribution is -2.20. The van der Waals surface area contributed by atoms with Gasteiger partial charge < -0.3 is 19.5 Å². The third-order valence-electron chi connectivity index (χ3n) is 4.11. The van der Waals surface area contributed by atoms with E-state index in [1.807, 2.05) is 30.3 Å². The maximum Gasteiger partial charge on any atom is 0.213 e. The number of nitrogens with zero attached hydrogens (tertiary/aromatic N) is 1. The van der Waals surface area contributed by atoms with Crippen molar-refractivity contribution in [2.75, 3.05) is 20.3 Å². The van der Waals surface area contributed by atoms with E-state index >= 15 is 0 Å². The lowest BCUT2D eigenvalue weighted by atomic mass is 10.2. The summed E-state index contributed by atoms with van der Waals surface area (Å²) in [7, 11) is 1.58. The van der Waals surface area contributed by atoms with Crippen molar-refractivity contribution < 1.29 is 18.6 Å². The van der Waals surface area contributed by atoms with E-state index in [0.29, 0.717) is 42.6 Å². The molecule has 3 aromatic rings. The lowest BCUT2D eigenvalue weighted by Gasteiger charge is -2.15. The molecule has 0 aliphatic heterocycles. The van der Waals surface area contributed by atoms with Crippen LogP contribution in [-0.2, 0) is 13.2 Å². The van der Waals surface area contributed by atoms with Crippen LogP contribution in [0.2, 0.25) is 0 Å². The summed E-state index contributed by atoms with van der Waals surface area (Å²) in [5.41, 5.74) is 1.50. The van der Waals surface area contributed by atoms with E-state index in [1.165, 1.54) is 6.07 Å². The maximum atomic E-state index is 13.8. The number of benzene rings is 2. The zero-order chi connectivity index (χ0) is 20.5. The Hall–Kier alpha value is -2.64. The standard InChI is InChI=1S/C22H22BrFN2O3/c1-27-20-13-16(14-25-10-11-28-21-8-4-5-9-26-21)12-18(23)22(20)29-15-17-6-2-3-7-19(17)24/h2-9,12-13,25H,10-11,14-15H2,1H3. The summed E-state index contributed by atoms with van der Waals surface area (Å²) in [6.45, 7) is 1.93. The molecule has 0 amide bonds. The highest BCUT2D eigenvalue weighted by atomic mass is 79.9. The predicted molar refractivity (Wildman–Crippen MR) is 113 cm³/mol. The van der Waals surface area contributed by atoms with Crippen LogP contribution in [0.5, 0.6) is 17.4 Å². The number of nitrogens with one attached hydrogen (secondary N) is 1. The summed E-state index contributed by atoms with van der Waals surface area (Å²) >= 11 is 3.52. The minimum atomic E-state index is -0.295. The Morgan fingerprint density at radius 1 is 1.07 bits per heavy atom. The third kappa shape index (κ3) is 6.17. The molecule has 0 aliphatic carbocycles. The van der Waals surface area contributed by atoms with Gasteiger partial charge in [-0.25, -0.2) is 9.37 Å². The average molecular weight is 461 g/mol. The lowest BCUT2D eigenvalue weighted by molar-refractivity contribution is 0.277. The SMILES string of the molecule is COc1cc(CNCCOc2ccccn2)cc(Br)c1OCc1ccccc1F. The second-order valence-corrected chi connectivity index (χ2v) is 7.04. The van der Waals surface area contributed by atoms with Crippen molar-refractivity contribution in [3.05, 3.63) is 82.2 Å². The first-order valence-electron chi connectivity index (χ1n) is 9.14. The largest absolute Gasteiger partial charge is 0.493 e. The van der Waals surface area contributed by atoms with Gasteiger partial charge in [0.25, 0.3) is 0 Å². The number of aromatic nitrogens is 1. The van der Waals surface area contributed by atoms with Gasteiger partial charge in [0.15, 0.2) is 11.5 Å². The Morgan fingerprint density at radius 3 is 2.66 bits per heavy atom. The van der Waals surface area contributed by atoms with Gasteiger partial charge in [0, 0.05) is 30.9 Å². The predicted octanol–water partition coefficient (Wildman–Crippen LogP) is 4.74. The van der Waals surface area contributed by atoms with Gasteiger partial charge in [-0.05, 0) is 45.8 Å². The zero-order valence-corrected chi connectivity index (χ0v) is 17.6. The van der Waals surface area contributed by atoms with Gasteiger partial charge in [-0.2, -0.15) is 0 Å². The molecule has 0 aliphatic rings. The average Bonchev–Trinajstić information content (AvgIpc) is 2.74. The van der Waals surface area contributed by atoms with Gasteiger partial charge in [0.2, 0.25) is 5.88 Å². The second kappa shape index (κ2) is 10.8. The van der Waals surface area contributed by atoms with Gasteiger partial charge >= 0.3 is 0 Å². The van der Waals surface area contributed by atoms with Gasteiger partial charge in [-0.3, -0.25) is 0 Å². The van der Waals surface area contributed by atoms with Crippen molar-refractivity contribution in [1.29, 1.82) is 0 Å². The summed E-state index contributed by atoms with van der Waals surface area (Å²) in [5, 5.41) is 3.32. The van der Waals surface area contributed by atoms with Gasteiger partial charge in [-0.15, -0.1) is 0 Å². The van der Waals surface area contributed by atoms with Crippen LogP contribution in [0.15, 0.2) is 65.3 Å². The molecule has 0 spiro atoms. The van der Waals surface area contributed by atoms with Crippen molar-refractivity contribution >= 4 is 15.9 Å². The number of methoxy groups -OCH3 is 1. The van der Waals surface area contributed by atoms with E-state index in [2.05, 4.69) is 26.2 Å². The Bertz CT molecular complexity index is 925. The van der Waals surface area contributed by atoms with Crippen molar-refractivity contribution in [2.45, 2.75) is 13.2 Å². The molecule has 152 valence electrons. The maximum absolute atomic E-state index is 13.8. The summed E-state index contributed by atoms with van der Waals surface area (Å²) in [4.78, 5) is 4.11. The summed E-state index contributed by atoms with van der Waals surface area (Å²) in [5.74, 6) is 1.43. The Balaban J connectivity index is 1.54. The fourth-order valence-electron chi connectivity index (χ4n) is 2.67. The summed E-state index contributed by atoms with van der Waals surface area (Å²) in [6.07, 6.45) is 1.70. The van der Waals surface area contributed by atoms with Crippen LogP contribution < -0.4 is 19.5 Å². The number of rotatable bonds is 10. The van der Waals surface area contributed by atoms with Crippen LogP contribution in [0.3, 0.4) is 0 Å². The molecule has 0 saturated heterocycles. The summed E-state index contributed by atoms with van der Waals surface area (Å²) < 4.78 is 31.4. The van der Waals surface area contributed by atoms with Gasteiger partial charge in [0.05, 0.1) is 11.6 Å². The number of ether oxygens (including phenoxy) is 3. The zero-order valence-electron chi connectivity index (χ0n) is 16.0. The quantitative estimate of drug-likeness (QED) is 0.442. The molecule has 0 fully saturated rings. The molecule has 29 heavy (non-hydrogen) atoms. The molecule has 0 unspecified atom stereocenters. The van der Waals surface area contributed by atoms with E-state index in [4.69, 9.17) is 14.2 Å². The number of hydrogen-bond acceptors (Lipinski definition) is 5. The Morgan fingerprint density at radius 2 is 1.90 bits per heavy atom. The molecule has 0 saturated carbocycles. The molecule has 3 rings (SSSR count). The number of halogens is 2. The normalized spacial score (nSPS) is 10.6. The van der Waals surface area contributed by atoms with E-state index in [1.54, 1.807) is 31.5 Å². The van der Waals surface area contributed by atoms with Crippen molar-refractivity contribution in [2.24, 2.45) is 0 Å². The molecule has 7 heteroatoms. The van der Waals surface area contributed by atoms with Crippen LogP contribution in [0.4, 0.5) is 4.39 Å². The van der Waals surface area contributed by atoms with E-state index in [9.17, 15) is 4.39 Å². The Kier molecular flexibility index (Phi) is 7.84. The molecular weight excluding hydrogens is 439 g/mol. The van der Waals surface area contributed by atoms with Crippen LogP contribution in [0, 0.1) is 5.82 Å². The van der Waals surface area contributed by atoms with Crippen LogP contribution in [-0.4, -0.2) is 25.2 Å². The van der Waals surface area contributed by atoms with Crippen molar-refractivity contribution in [3.8, 4) is 17.4 Å². The van der Waals surface area contributed by atoms with E-state index in [-0.39, 0.29) is 12.4 Å². The van der Waals surface area contributed by atoms with Gasteiger partial charge in [0.1, 0.15) is 19.0 Å². The fourth-order valence-corrected chi connectivity index (χ4v) is 3.28. The first-order valence-corrected chi connectivity index (χ1v) is 9.94. The van der Waals surface area contributed by atoms with Crippen LogP contribution in [0.25, 0.3) is 0 Å². The summed E-state index contributed by atoms with van der Waals surface area (Å²) in [6, 6.07) is 15.9. The molecule has 0 bridgehead atoms. The monoisotopic (exact) mass is 460 g/mol. The highest BCUT2D eigenvalue weighted by molar-refractivity contribution is 9.10. The molecule has 0 atom stereocenters. The molecule has 1 N–H and O–H groups in total. The van der Waals surface area contributed by atoms with E-state index in [0.717, 1.165) is 10.0 Å². The fraction of sp³-hybridized carbons (Fsp3) is 0.227. The number of pyridine rings is 1. The first-order chi connectivity index (χ1) is 14.2.